The summed E-state index contributed by atoms with van der Waals surface area (Å²) in [7, 11) is 0. The lowest BCUT2D eigenvalue weighted by molar-refractivity contribution is -0.123. The van der Waals surface area contributed by atoms with Gasteiger partial charge in [0, 0.05) is 24.3 Å². The number of esters is 1. The molecule has 158 valence electrons. The first kappa shape index (κ1) is 21.6. The van der Waals surface area contributed by atoms with Gasteiger partial charge >= 0.3 is 5.97 Å². The van der Waals surface area contributed by atoms with Crippen molar-refractivity contribution in [2.45, 2.75) is 52.6 Å². The molecule has 2 aromatic rings. The van der Waals surface area contributed by atoms with E-state index >= 15 is 0 Å². The van der Waals surface area contributed by atoms with E-state index in [9.17, 15) is 14.4 Å². The second kappa shape index (κ2) is 9.11. The Balaban J connectivity index is 1.69. The molecule has 0 aliphatic carbocycles. The summed E-state index contributed by atoms with van der Waals surface area (Å²) in [4.78, 5) is 38.9. The topological polar surface area (TPSA) is 75.7 Å². The maximum atomic E-state index is 12.7. The Bertz CT molecular complexity index is 967. The zero-order valence-corrected chi connectivity index (χ0v) is 17.9. The molecule has 1 fully saturated rings. The Morgan fingerprint density at radius 1 is 1.10 bits per heavy atom. The van der Waals surface area contributed by atoms with Gasteiger partial charge in [-0.1, -0.05) is 38.1 Å². The molecule has 6 nitrogen and oxygen atoms in total. The smallest absolute Gasteiger partial charge is 0.338 e. The number of hydrogen-bond acceptors (Lipinski definition) is 4. The van der Waals surface area contributed by atoms with Gasteiger partial charge in [0.1, 0.15) is 0 Å². The summed E-state index contributed by atoms with van der Waals surface area (Å²) < 4.78 is 5.40. The second-order valence-electron chi connectivity index (χ2n) is 7.93. The van der Waals surface area contributed by atoms with Crippen molar-refractivity contribution in [2.75, 3.05) is 16.8 Å². The van der Waals surface area contributed by atoms with Crippen LogP contribution in [0.25, 0.3) is 0 Å². The van der Waals surface area contributed by atoms with E-state index in [0.29, 0.717) is 24.2 Å². The molecule has 1 heterocycles. The molecule has 30 heavy (non-hydrogen) atoms. The van der Waals surface area contributed by atoms with Gasteiger partial charge in [-0.25, -0.2) is 4.79 Å². The van der Waals surface area contributed by atoms with Gasteiger partial charge in [0.15, 0.2) is 6.10 Å². The molecule has 1 saturated heterocycles. The number of benzene rings is 2. The molecular formula is C24H28N2O4. The van der Waals surface area contributed by atoms with Crippen LogP contribution in [0.5, 0.6) is 0 Å². The molecule has 2 aromatic carbocycles. The third-order valence-electron chi connectivity index (χ3n) is 5.30. The maximum absolute atomic E-state index is 12.7. The molecule has 0 bridgehead atoms. The molecule has 1 N–H and O–H groups in total. The highest BCUT2D eigenvalue weighted by atomic mass is 16.5. The number of carbonyl (C=O) groups excluding carboxylic acids is 3. The fraction of sp³-hybridized carbons (Fsp3) is 0.375. The fourth-order valence-corrected chi connectivity index (χ4v) is 3.57. The molecule has 0 aromatic heterocycles. The summed E-state index contributed by atoms with van der Waals surface area (Å²) in [6.07, 6.45) is 0.361. The number of rotatable bonds is 6. The Hall–Kier alpha value is -3.15. The van der Waals surface area contributed by atoms with Crippen molar-refractivity contribution in [3.8, 4) is 0 Å². The summed E-state index contributed by atoms with van der Waals surface area (Å²) in [5, 5.41) is 2.91. The monoisotopic (exact) mass is 408 g/mol. The molecule has 0 saturated carbocycles. The van der Waals surface area contributed by atoms with Crippen molar-refractivity contribution >= 4 is 29.2 Å². The van der Waals surface area contributed by atoms with Gasteiger partial charge in [-0.05, 0) is 55.5 Å². The summed E-state index contributed by atoms with van der Waals surface area (Å²) in [5.41, 5.74) is 3.73. The summed E-state index contributed by atoms with van der Waals surface area (Å²) >= 11 is 0. The number of aryl methyl sites for hydroxylation is 1. The molecule has 3 rings (SSSR count). The Kier molecular flexibility index (Phi) is 6.55. The third-order valence-corrected chi connectivity index (χ3v) is 5.30. The number of hydrogen-bond donors (Lipinski definition) is 1. The van der Waals surface area contributed by atoms with E-state index in [2.05, 4.69) is 19.2 Å². The van der Waals surface area contributed by atoms with E-state index in [1.165, 1.54) is 0 Å². The minimum Gasteiger partial charge on any atom is -0.449 e. The van der Waals surface area contributed by atoms with Crippen LogP contribution in [0.4, 0.5) is 11.4 Å². The van der Waals surface area contributed by atoms with E-state index < -0.39 is 12.1 Å². The lowest BCUT2D eigenvalue weighted by atomic mass is 9.98. The zero-order chi connectivity index (χ0) is 21.8. The van der Waals surface area contributed by atoms with E-state index in [4.69, 9.17) is 4.74 Å². The molecule has 6 heteroatoms. The van der Waals surface area contributed by atoms with Gasteiger partial charge in [-0.2, -0.15) is 0 Å². The van der Waals surface area contributed by atoms with Crippen LogP contribution in [0.1, 0.15) is 61.0 Å². The zero-order valence-electron chi connectivity index (χ0n) is 17.9. The molecule has 2 amide bonds. The standard InChI is InChI=1S/C24H28N2O4/c1-15(2)20-11-5-8-16(3)22(20)25-23(28)17(4)30-24(29)18-9-6-10-19(14-18)26-13-7-12-21(26)27/h5-6,8-11,14-15,17H,7,12-13H2,1-4H3,(H,25,28)/t17-/m0/s1. The molecular weight excluding hydrogens is 380 g/mol. The first-order valence-electron chi connectivity index (χ1n) is 10.3. The summed E-state index contributed by atoms with van der Waals surface area (Å²) in [5.74, 6) is -0.688. The number of anilines is 2. The highest BCUT2D eigenvalue weighted by Gasteiger charge is 2.24. The van der Waals surface area contributed by atoms with Crippen LogP contribution < -0.4 is 10.2 Å². The van der Waals surface area contributed by atoms with E-state index in [-0.39, 0.29) is 17.7 Å². The molecule has 0 spiro atoms. The minimum absolute atomic E-state index is 0.0486. The van der Waals surface area contributed by atoms with Crippen molar-refractivity contribution < 1.29 is 19.1 Å². The average Bonchev–Trinajstić information content (AvgIpc) is 3.15. The second-order valence-corrected chi connectivity index (χ2v) is 7.93. The number of nitrogens with one attached hydrogen (secondary N) is 1. The van der Waals surface area contributed by atoms with Gasteiger partial charge in [0.25, 0.3) is 5.91 Å². The predicted molar refractivity (Wildman–Crippen MR) is 117 cm³/mol. The normalized spacial score (nSPS) is 14.7. The van der Waals surface area contributed by atoms with Crippen LogP contribution in [0.15, 0.2) is 42.5 Å². The van der Waals surface area contributed by atoms with Crippen molar-refractivity contribution in [1.29, 1.82) is 0 Å². The van der Waals surface area contributed by atoms with Crippen LogP contribution in [0.2, 0.25) is 0 Å². The fourth-order valence-electron chi connectivity index (χ4n) is 3.57. The molecule has 1 aliphatic rings. The van der Waals surface area contributed by atoms with Crippen LogP contribution in [0.3, 0.4) is 0 Å². The lowest BCUT2D eigenvalue weighted by Crippen LogP contribution is -2.31. The van der Waals surface area contributed by atoms with Crippen LogP contribution >= 0.6 is 0 Å². The molecule has 1 atom stereocenters. The van der Waals surface area contributed by atoms with Crippen LogP contribution in [-0.4, -0.2) is 30.4 Å². The number of para-hydroxylation sites is 1. The highest BCUT2D eigenvalue weighted by molar-refractivity contribution is 6.00. The maximum Gasteiger partial charge on any atom is 0.338 e. The summed E-state index contributed by atoms with van der Waals surface area (Å²) in [6, 6.07) is 12.6. The van der Waals surface area contributed by atoms with Gasteiger partial charge in [-0.15, -0.1) is 0 Å². The lowest BCUT2D eigenvalue weighted by Gasteiger charge is -2.19. The number of nitrogens with zero attached hydrogens (tertiary/aromatic N) is 1. The number of carbonyl (C=O) groups is 3. The minimum atomic E-state index is -0.964. The van der Waals surface area contributed by atoms with Gasteiger partial charge < -0.3 is 15.0 Å². The Labute approximate surface area is 177 Å². The van der Waals surface area contributed by atoms with Crippen molar-refractivity contribution in [3.63, 3.8) is 0 Å². The van der Waals surface area contributed by atoms with E-state index in [1.54, 1.807) is 36.1 Å². The molecule has 0 unspecified atom stereocenters. The van der Waals surface area contributed by atoms with Gasteiger partial charge in [0.05, 0.1) is 5.56 Å². The van der Waals surface area contributed by atoms with E-state index in [0.717, 1.165) is 23.2 Å². The average molecular weight is 408 g/mol. The summed E-state index contributed by atoms with van der Waals surface area (Å²) in [6.45, 7) is 8.25. The quantitative estimate of drug-likeness (QED) is 0.718. The van der Waals surface area contributed by atoms with E-state index in [1.807, 2.05) is 25.1 Å². The Morgan fingerprint density at radius 3 is 2.50 bits per heavy atom. The highest BCUT2D eigenvalue weighted by Crippen LogP contribution is 2.28. The largest absolute Gasteiger partial charge is 0.449 e. The van der Waals surface area contributed by atoms with Crippen LogP contribution in [-0.2, 0) is 14.3 Å². The number of ether oxygens (including phenoxy) is 1. The third kappa shape index (κ3) is 4.70. The van der Waals surface area contributed by atoms with Crippen LogP contribution in [0, 0.1) is 6.92 Å². The Morgan fingerprint density at radius 2 is 1.83 bits per heavy atom. The van der Waals surface area contributed by atoms with Crippen molar-refractivity contribution in [3.05, 3.63) is 59.2 Å². The van der Waals surface area contributed by atoms with Crippen molar-refractivity contribution in [2.24, 2.45) is 0 Å². The first-order valence-corrected chi connectivity index (χ1v) is 10.3. The van der Waals surface area contributed by atoms with Crippen molar-refractivity contribution in [1.82, 2.24) is 0 Å². The molecule has 0 radical (unpaired) electrons. The predicted octanol–water partition coefficient (Wildman–Crippen LogP) is 4.43. The van der Waals surface area contributed by atoms with Gasteiger partial charge in [0.2, 0.25) is 5.91 Å². The van der Waals surface area contributed by atoms with Gasteiger partial charge in [-0.3, -0.25) is 9.59 Å². The molecule has 1 aliphatic heterocycles. The SMILES string of the molecule is Cc1cccc(C(C)C)c1NC(=O)[C@H](C)OC(=O)c1cccc(N2CCCC2=O)c1. The first-order chi connectivity index (χ1) is 14.3. The number of amides is 2.